The first-order valence-corrected chi connectivity index (χ1v) is 4.24. The number of hydrogen-bond donors (Lipinski definition) is 0. The Labute approximate surface area is 70.1 Å². The van der Waals surface area contributed by atoms with Crippen LogP contribution >= 0.6 is 11.8 Å². The summed E-state index contributed by atoms with van der Waals surface area (Å²) in [5.74, 6) is 0.878. The van der Waals surface area contributed by atoms with Gasteiger partial charge in [-0.05, 0) is 0 Å². The fourth-order valence-electron chi connectivity index (χ4n) is 0.650. The molecule has 0 fully saturated rings. The number of pyridine rings is 1. The zero-order valence-corrected chi connectivity index (χ0v) is 6.88. The monoisotopic (exact) mass is 167 g/mol. The minimum Gasteiger partial charge on any atom is -0.619 e. The molecule has 0 bridgehead atoms. The van der Waals surface area contributed by atoms with Crippen molar-refractivity contribution in [2.75, 3.05) is 5.75 Å². The molecule has 1 rings (SSSR count). The van der Waals surface area contributed by atoms with Crippen LogP contribution in [0.4, 0.5) is 0 Å². The van der Waals surface area contributed by atoms with E-state index in [0.717, 1.165) is 15.4 Å². The predicted octanol–water partition coefficient (Wildman–Crippen LogP) is 1.60. The van der Waals surface area contributed by atoms with Crippen molar-refractivity contribution in [2.45, 2.75) is 4.90 Å². The average Bonchev–Trinajstić information content (AvgIpc) is 2.04. The van der Waals surface area contributed by atoms with Crippen LogP contribution in [-0.2, 0) is 0 Å². The third kappa shape index (κ3) is 2.63. The molecule has 0 aliphatic carbocycles. The van der Waals surface area contributed by atoms with Crippen molar-refractivity contribution in [3.63, 3.8) is 0 Å². The Kier molecular flexibility index (Phi) is 2.98. The van der Waals surface area contributed by atoms with Crippen LogP contribution in [0.1, 0.15) is 0 Å². The number of aromatic nitrogens is 1. The van der Waals surface area contributed by atoms with E-state index in [9.17, 15) is 5.21 Å². The second kappa shape index (κ2) is 4.03. The minimum absolute atomic E-state index is 0.776. The van der Waals surface area contributed by atoms with Crippen LogP contribution < -0.4 is 4.73 Å². The molecule has 2 nitrogen and oxygen atoms in total. The van der Waals surface area contributed by atoms with Gasteiger partial charge in [0.15, 0.2) is 12.4 Å². The van der Waals surface area contributed by atoms with Crippen LogP contribution in [-0.4, -0.2) is 5.75 Å². The number of nitrogens with zero attached hydrogens (tertiary/aromatic N) is 1. The second-order valence-electron chi connectivity index (χ2n) is 1.99. The van der Waals surface area contributed by atoms with Gasteiger partial charge in [-0.15, -0.1) is 18.3 Å². The third-order valence-corrected chi connectivity index (χ3v) is 2.15. The second-order valence-corrected chi connectivity index (χ2v) is 3.09. The number of hydrogen-bond acceptors (Lipinski definition) is 2. The first-order chi connectivity index (χ1) is 5.33. The lowest BCUT2D eigenvalue weighted by molar-refractivity contribution is -0.605. The maximum atomic E-state index is 10.6. The molecule has 0 atom stereocenters. The maximum absolute atomic E-state index is 10.6. The van der Waals surface area contributed by atoms with E-state index in [0.29, 0.717) is 0 Å². The van der Waals surface area contributed by atoms with E-state index in [4.69, 9.17) is 0 Å². The van der Waals surface area contributed by atoms with Crippen molar-refractivity contribution in [3.8, 4) is 0 Å². The first kappa shape index (κ1) is 8.14. The molecule has 0 aromatic carbocycles. The molecule has 0 saturated heterocycles. The van der Waals surface area contributed by atoms with E-state index >= 15 is 0 Å². The Morgan fingerprint density at radius 1 is 1.55 bits per heavy atom. The Morgan fingerprint density at radius 3 is 2.73 bits per heavy atom. The topological polar surface area (TPSA) is 26.9 Å². The standard InChI is InChI=1S/C8H9NOS/c1-2-7-11-8-3-5-9(10)6-4-8/h2-6H,1,7H2. The summed E-state index contributed by atoms with van der Waals surface area (Å²) in [5, 5.41) is 10.6. The smallest absolute Gasteiger partial charge is 0.181 e. The van der Waals surface area contributed by atoms with Gasteiger partial charge in [0.05, 0.1) is 0 Å². The van der Waals surface area contributed by atoms with Crippen molar-refractivity contribution < 1.29 is 4.73 Å². The molecular weight excluding hydrogens is 158 g/mol. The van der Waals surface area contributed by atoms with Gasteiger partial charge in [-0.3, -0.25) is 0 Å². The van der Waals surface area contributed by atoms with Gasteiger partial charge in [0.25, 0.3) is 0 Å². The summed E-state index contributed by atoms with van der Waals surface area (Å²) in [7, 11) is 0. The predicted molar refractivity (Wildman–Crippen MR) is 46.3 cm³/mol. The summed E-state index contributed by atoms with van der Waals surface area (Å²) in [5.41, 5.74) is 0. The zero-order valence-electron chi connectivity index (χ0n) is 6.06. The highest BCUT2D eigenvalue weighted by Crippen LogP contribution is 2.14. The highest BCUT2D eigenvalue weighted by atomic mass is 32.2. The van der Waals surface area contributed by atoms with Gasteiger partial charge in [0.1, 0.15) is 0 Å². The molecule has 58 valence electrons. The van der Waals surface area contributed by atoms with E-state index in [1.165, 1.54) is 12.4 Å². The molecule has 1 aromatic rings. The van der Waals surface area contributed by atoms with Gasteiger partial charge >= 0.3 is 0 Å². The first-order valence-electron chi connectivity index (χ1n) is 3.25. The van der Waals surface area contributed by atoms with E-state index in [-0.39, 0.29) is 0 Å². The summed E-state index contributed by atoms with van der Waals surface area (Å²) < 4.78 is 0.776. The summed E-state index contributed by atoms with van der Waals surface area (Å²) in [6.45, 7) is 3.61. The Morgan fingerprint density at radius 2 is 2.18 bits per heavy atom. The van der Waals surface area contributed by atoms with E-state index in [1.807, 2.05) is 6.08 Å². The van der Waals surface area contributed by atoms with Crippen molar-refractivity contribution in [1.29, 1.82) is 0 Å². The summed E-state index contributed by atoms with van der Waals surface area (Å²) in [6.07, 6.45) is 4.82. The number of rotatable bonds is 3. The maximum Gasteiger partial charge on any atom is 0.181 e. The normalized spacial score (nSPS) is 9.45. The minimum atomic E-state index is 0.776. The van der Waals surface area contributed by atoms with Crippen molar-refractivity contribution >= 4 is 11.8 Å². The van der Waals surface area contributed by atoms with E-state index in [2.05, 4.69) is 6.58 Å². The average molecular weight is 167 g/mol. The number of thioether (sulfide) groups is 1. The fraction of sp³-hybridized carbons (Fsp3) is 0.125. The van der Waals surface area contributed by atoms with Gasteiger partial charge in [-0.1, -0.05) is 6.08 Å². The highest BCUT2D eigenvalue weighted by Gasteiger charge is 1.92. The molecule has 0 unspecified atom stereocenters. The summed E-state index contributed by atoms with van der Waals surface area (Å²) in [4.78, 5) is 1.09. The molecular formula is C8H9NOS. The van der Waals surface area contributed by atoms with Gasteiger partial charge in [-0.25, -0.2) is 0 Å². The largest absolute Gasteiger partial charge is 0.619 e. The lowest BCUT2D eigenvalue weighted by Crippen LogP contribution is -2.23. The molecule has 0 amide bonds. The van der Waals surface area contributed by atoms with Gasteiger partial charge < -0.3 is 5.21 Å². The van der Waals surface area contributed by atoms with Gasteiger partial charge in [0.2, 0.25) is 0 Å². The molecule has 3 heteroatoms. The Bertz CT molecular complexity index is 232. The zero-order chi connectivity index (χ0) is 8.10. The molecule has 1 aromatic heterocycles. The summed E-state index contributed by atoms with van der Waals surface area (Å²) in [6, 6.07) is 3.59. The summed E-state index contributed by atoms with van der Waals surface area (Å²) >= 11 is 1.66. The molecule has 1 heterocycles. The van der Waals surface area contributed by atoms with Crippen molar-refractivity contribution in [2.24, 2.45) is 0 Å². The fourth-order valence-corrected chi connectivity index (χ4v) is 1.27. The molecule has 0 aliphatic rings. The van der Waals surface area contributed by atoms with E-state index < -0.39 is 0 Å². The van der Waals surface area contributed by atoms with Crippen LogP contribution in [0, 0.1) is 5.21 Å². The van der Waals surface area contributed by atoms with Crippen LogP contribution in [0.15, 0.2) is 42.1 Å². The van der Waals surface area contributed by atoms with Crippen LogP contribution in [0.3, 0.4) is 0 Å². The van der Waals surface area contributed by atoms with Gasteiger partial charge in [-0.2, -0.15) is 4.73 Å². The molecule has 0 N–H and O–H groups in total. The molecule has 0 spiro atoms. The lowest BCUT2D eigenvalue weighted by Gasteiger charge is -1.97. The van der Waals surface area contributed by atoms with Crippen molar-refractivity contribution in [1.82, 2.24) is 0 Å². The third-order valence-electron chi connectivity index (χ3n) is 1.14. The molecule has 0 radical (unpaired) electrons. The SMILES string of the molecule is C=CCSc1cc[n+]([O-])cc1. The lowest BCUT2D eigenvalue weighted by atomic mass is 10.5. The Balaban J connectivity index is 2.58. The molecule has 0 aliphatic heterocycles. The van der Waals surface area contributed by atoms with Crippen molar-refractivity contribution in [3.05, 3.63) is 42.4 Å². The Hall–Kier alpha value is -0.960. The van der Waals surface area contributed by atoms with Crippen LogP contribution in [0.25, 0.3) is 0 Å². The molecule has 11 heavy (non-hydrogen) atoms. The van der Waals surface area contributed by atoms with Crippen LogP contribution in [0.2, 0.25) is 0 Å². The van der Waals surface area contributed by atoms with Gasteiger partial charge in [0, 0.05) is 22.8 Å². The quantitative estimate of drug-likeness (QED) is 0.296. The van der Waals surface area contributed by atoms with Crippen LogP contribution in [0.5, 0.6) is 0 Å². The highest BCUT2D eigenvalue weighted by molar-refractivity contribution is 7.99. The molecule has 0 saturated carbocycles. The van der Waals surface area contributed by atoms with E-state index in [1.54, 1.807) is 23.9 Å².